The molecule has 0 spiro atoms. The van der Waals surface area contributed by atoms with Gasteiger partial charge in [-0.15, -0.1) is 0 Å². The molecule has 3 fully saturated rings. The minimum atomic E-state index is 0.255. The summed E-state index contributed by atoms with van der Waals surface area (Å²) in [5.41, 5.74) is 0.533. The Kier molecular flexibility index (Phi) is 3.23. The quantitative estimate of drug-likeness (QED) is 0.852. The first-order valence-corrected chi connectivity index (χ1v) is 7.79. The second-order valence-electron chi connectivity index (χ2n) is 7.90. The molecule has 3 heteroatoms. The summed E-state index contributed by atoms with van der Waals surface area (Å²) in [6.45, 7) is 10.3. The van der Waals surface area contributed by atoms with E-state index in [1.165, 1.54) is 12.8 Å². The molecule has 1 heterocycles. The van der Waals surface area contributed by atoms with Crippen molar-refractivity contribution in [1.29, 1.82) is 0 Å². The van der Waals surface area contributed by atoms with Gasteiger partial charge >= 0.3 is 0 Å². The molecule has 0 aromatic rings. The van der Waals surface area contributed by atoms with E-state index < -0.39 is 0 Å². The molecule has 0 amide bonds. The maximum atomic E-state index is 5.99. The number of methoxy groups -OCH3 is 1. The zero-order valence-corrected chi connectivity index (χ0v) is 13.0. The summed E-state index contributed by atoms with van der Waals surface area (Å²) < 4.78 is 11.5. The van der Waals surface area contributed by atoms with Crippen molar-refractivity contribution in [1.82, 2.24) is 5.32 Å². The monoisotopic (exact) mass is 267 g/mol. The molecule has 1 aliphatic heterocycles. The summed E-state index contributed by atoms with van der Waals surface area (Å²) in [5, 5.41) is 3.94. The van der Waals surface area contributed by atoms with E-state index in [9.17, 15) is 0 Å². The summed E-state index contributed by atoms with van der Waals surface area (Å²) >= 11 is 0. The fourth-order valence-electron chi connectivity index (χ4n) is 4.65. The van der Waals surface area contributed by atoms with E-state index in [0.29, 0.717) is 24.3 Å². The average Bonchev–Trinajstić information content (AvgIpc) is 2.37. The van der Waals surface area contributed by atoms with Gasteiger partial charge in [-0.05, 0) is 19.3 Å². The van der Waals surface area contributed by atoms with E-state index in [-0.39, 0.29) is 10.8 Å². The minimum absolute atomic E-state index is 0.255. The van der Waals surface area contributed by atoms with Gasteiger partial charge in [0.2, 0.25) is 0 Å². The molecular formula is C16H29NO2. The molecule has 19 heavy (non-hydrogen) atoms. The van der Waals surface area contributed by atoms with Crippen LogP contribution >= 0.6 is 0 Å². The Hall–Kier alpha value is -0.120. The molecule has 0 bridgehead atoms. The topological polar surface area (TPSA) is 30.5 Å². The van der Waals surface area contributed by atoms with Gasteiger partial charge in [-0.2, -0.15) is 0 Å². The lowest BCUT2D eigenvalue weighted by molar-refractivity contribution is -0.205. The third-order valence-corrected chi connectivity index (χ3v) is 6.17. The van der Waals surface area contributed by atoms with Gasteiger partial charge in [-0.25, -0.2) is 0 Å². The van der Waals surface area contributed by atoms with Crippen LogP contribution in [0.5, 0.6) is 0 Å². The molecule has 0 aromatic heterocycles. The molecule has 110 valence electrons. The van der Waals surface area contributed by atoms with Gasteiger partial charge < -0.3 is 14.8 Å². The van der Waals surface area contributed by atoms with Crippen LogP contribution in [0.2, 0.25) is 0 Å². The first-order chi connectivity index (χ1) is 8.89. The molecule has 0 aromatic carbocycles. The van der Waals surface area contributed by atoms with Gasteiger partial charge in [-0.1, -0.05) is 27.7 Å². The lowest BCUT2D eigenvalue weighted by atomic mass is 9.54. The van der Waals surface area contributed by atoms with Crippen molar-refractivity contribution in [2.45, 2.75) is 71.2 Å². The van der Waals surface area contributed by atoms with Crippen LogP contribution in [-0.2, 0) is 9.47 Å². The Balaban J connectivity index is 1.64. The van der Waals surface area contributed by atoms with Gasteiger partial charge in [0.1, 0.15) is 0 Å². The number of rotatable bonds is 3. The van der Waals surface area contributed by atoms with Crippen LogP contribution in [0.25, 0.3) is 0 Å². The number of fused-ring (bicyclic) bond motifs is 1. The van der Waals surface area contributed by atoms with Crippen LogP contribution in [0, 0.1) is 16.7 Å². The third kappa shape index (κ3) is 1.89. The number of hydrogen-bond acceptors (Lipinski definition) is 3. The van der Waals surface area contributed by atoms with E-state index in [0.717, 1.165) is 18.9 Å². The first kappa shape index (κ1) is 13.8. The fraction of sp³-hybridized carbons (Fsp3) is 1.00. The second kappa shape index (κ2) is 4.44. The number of ether oxygens (including phenoxy) is 2. The molecule has 5 atom stereocenters. The highest BCUT2D eigenvalue weighted by Gasteiger charge is 2.60. The van der Waals surface area contributed by atoms with Crippen LogP contribution in [0.4, 0.5) is 0 Å². The van der Waals surface area contributed by atoms with Crippen molar-refractivity contribution in [2.24, 2.45) is 16.7 Å². The standard InChI is InChI=1S/C16H29NO2/c1-15(2)11(9-12(15)18-5)17-13-10-7-6-8-19-14(10)16(13,3)4/h10-14,17H,6-9H2,1-5H3. The summed E-state index contributed by atoms with van der Waals surface area (Å²) in [6.07, 6.45) is 4.58. The number of hydrogen-bond donors (Lipinski definition) is 1. The van der Waals surface area contributed by atoms with Crippen molar-refractivity contribution in [3.05, 3.63) is 0 Å². The first-order valence-electron chi connectivity index (χ1n) is 7.79. The smallest absolute Gasteiger partial charge is 0.0684 e. The predicted molar refractivity (Wildman–Crippen MR) is 76.2 cm³/mol. The molecular weight excluding hydrogens is 238 g/mol. The van der Waals surface area contributed by atoms with Gasteiger partial charge in [0.15, 0.2) is 0 Å². The van der Waals surface area contributed by atoms with Crippen molar-refractivity contribution in [2.75, 3.05) is 13.7 Å². The van der Waals surface area contributed by atoms with Crippen LogP contribution in [0.15, 0.2) is 0 Å². The normalized spacial score (nSPS) is 46.9. The summed E-state index contributed by atoms with van der Waals surface area (Å²) in [4.78, 5) is 0. The van der Waals surface area contributed by atoms with E-state index >= 15 is 0 Å². The van der Waals surface area contributed by atoms with Crippen LogP contribution in [0.1, 0.15) is 47.0 Å². The molecule has 3 rings (SSSR count). The highest BCUT2D eigenvalue weighted by molar-refractivity contribution is 5.14. The maximum absolute atomic E-state index is 5.99. The molecule has 1 saturated heterocycles. The molecule has 2 saturated carbocycles. The molecule has 2 aliphatic carbocycles. The van der Waals surface area contributed by atoms with E-state index in [4.69, 9.17) is 9.47 Å². The Morgan fingerprint density at radius 2 is 1.89 bits per heavy atom. The third-order valence-electron chi connectivity index (χ3n) is 6.17. The van der Waals surface area contributed by atoms with Crippen LogP contribution in [-0.4, -0.2) is 38.0 Å². The summed E-state index contributed by atoms with van der Waals surface area (Å²) in [5.74, 6) is 0.723. The predicted octanol–water partition coefficient (Wildman–Crippen LogP) is 2.59. The van der Waals surface area contributed by atoms with Gasteiger partial charge in [0.05, 0.1) is 12.2 Å². The van der Waals surface area contributed by atoms with Crippen molar-refractivity contribution in [3.8, 4) is 0 Å². The SMILES string of the molecule is COC1CC(NC2C3CCCOC3C2(C)C)C1(C)C. The van der Waals surface area contributed by atoms with Crippen LogP contribution in [0.3, 0.4) is 0 Å². The summed E-state index contributed by atoms with van der Waals surface area (Å²) in [7, 11) is 1.83. The fourth-order valence-corrected chi connectivity index (χ4v) is 4.65. The van der Waals surface area contributed by atoms with Crippen molar-refractivity contribution < 1.29 is 9.47 Å². The lowest BCUT2D eigenvalue weighted by Gasteiger charge is -2.63. The average molecular weight is 267 g/mol. The molecule has 3 aliphatic rings. The second-order valence-corrected chi connectivity index (χ2v) is 7.90. The Bertz CT molecular complexity index is 353. The van der Waals surface area contributed by atoms with Crippen molar-refractivity contribution in [3.63, 3.8) is 0 Å². The Labute approximate surface area is 117 Å². The van der Waals surface area contributed by atoms with E-state index in [1.807, 2.05) is 7.11 Å². The molecule has 5 unspecified atom stereocenters. The van der Waals surface area contributed by atoms with Crippen molar-refractivity contribution >= 4 is 0 Å². The van der Waals surface area contributed by atoms with Gasteiger partial charge in [0.25, 0.3) is 0 Å². The minimum Gasteiger partial charge on any atom is -0.381 e. The number of nitrogens with one attached hydrogen (secondary N) is 1. The largest absolute Gasteiger partial charge is 0.381 e. The zero-order chi connectivity index (χ0) is 13.8. The molecule has 1 N–H and O–H groups in total. The zero-order valence-electron chi connectivity index (χ0n) is 13.0. The highest BCUT2D eigenvalue weighted by atomic mass is 16.5. The lowest BCUT2D eigenvalue weighted by Crippen LogP contribution is -2.74. The van der Waals surface area contributed by atoms with Gasteiger partial charge in [0, 0.05) is 42.5 Å². The van der Waals surface area contributed by atoms with Gasteiger partial charge in [-0.3, -0.25) is 0 Å². The molecule has 3 nitrogen and oxygen atoms in total. The summed E-state index contributed by atoms with van der Waals surface area (Å²) in [6, 6.07) is 1.20. The Morgan fingerprint density at radius 3 is 2.53 bits per heavy atom. The van der Waals surface area contributed by atoms with E-state index in [1.54, 1.807) is 0 Å². The van der Waals surface area contributed by atoms with Crippen LogP contribution < -0.4 is 5.32 Å². The van der Waals surface area contributed by atoms with E-state index in [2.05, 4.69) is 33.0 Å². The maximum Gasteiger partial charge on any atom is 0.0684 e. The highest BCUT2D eigenvalue weighted by Crippen LogP contribution is 2.53. The Morgan fingerprint density at radius 1 is 1.16 bits per heavy atom. The molecule has 0 radical (unpaired) electrons.